The second-order valence-corrected chi connectivity index (χ2v) is 9.44. The minimum Gasteiger partial charge on any atom is -0.444 e. The number of carbonyl (C=O) groups excluding carboxylic acids is 1. The Hall–Kier alpha value is -0.820. The van der Waals surface area contributed by atoms with E-state index in [1.165, 1.54) is 0 Å². The molecule has 0 radical (unpaired) electrons. The number of alkyl carbamates (subject to hydrolysis) is 1. The molecular weight excluding hydrogens is 294 g/mol. The SMILES string of the molecule is CC(C)(C)CS(=O)(=O)OC[C@@H]1C[C@H]1NC(=O)OC(C)(C)C. The quantitative estimate of drug-likeness (QED) is 0.786. The molecule has 2 atom stereocenters. The molecule has 1 saturated carbocycles. The maximum absolute atomic E-state index is 11.8. The lowest BCUT2D eigenvalue weighted by atomic mass is 10.0. The molecule has 1 N–H and O–H groups in total. The molecule has 124 valence electrons. The van der Waals surface area contributed by atoms with Crippen molar-refractivity contribution in [3.8, 4) is 0 Å². The van der Waals surface area contributed by atoms with Gasteiger partial charge in [-0.1, -0.05) is 20.8 Å². The molecular formula is C14H27NO5S. The molecule has 6 nitrogen and oxygen atoms in total. The zero-order valence-corrected chi connectivity index (χ0v) is 14.5. The fourth-order valence-electron chi connectivity index (χ4n) is 1.83. The third-order valence-corrected chi connectivity index (χ3v) is 4.41. The second kappa shape index (κ2) is 6.12. The van der Waals surface area contributed by atoms with Crippen LogP contribution in [0.25, 0.3) is 0 Å². The van der Waals surface area contributed by atoms with Crippen molar-refractivity contribution in [3.05, 3.63) is 0 Å². The van der Waals surface area contributed by atoms with Gasteiger partial charge in [-0.05, 0) is 32.6 Å². The fourth-order valence-corrected chi connectivity index (χ4v) is 3.36. The van der Waals surface area contributed by atoms with Gasteiger partial charge in [0, 0.05) is 12.0 Å². The highest BCUT2D eigenvalue weighted by molar-refractivity contribution is 7.86. The van der Waals surface area contributed by atoms with E-state index in [-0.39, 0.29) is 29.7 Å². The van der Waals surface area contributed by atoms with Crippen molar-refractivity contribution < 1.29 is 22.1 Å². The number of amides is 1. The molecule has 1 aliphatic carbocycles. The highest BCUT2D eigenvalue weighted by Crippen LogP contribution is 2.31. The zero-order chi connectivity index (χ0) is 16.5. The van der Waals surface area contributed by atoms with E-state index in [0.717, 1.165) is 0 Å². The molecule has 0 saturated heterocycles. The van der Waals surface area contributed by atoms with E-state index in [1.807, 2.05) is 20.8 Å². The van der Waals surface area contributed by atoms with Crippen LogP contribution in [0.5, 0.6) is 0 Å². The standard InChI is InChI=1S/C14H27NO5S/c1-13(2,3)9-21(17,18)19-8-10-7-11(10)15-12(16)20-14(4,5)6/h10-11H,7-9H2,1-6H3,(H,15,16)/t10-,11+/m0/s1. The van der Waals surface area contributed by atoms with Crippen molar-refractivity contribution in [2.75, 3.05) is 12.4 Å². The summed E-state index contributed by atoms with van der Waals surface area (Å²) in [6.45, 7) is 11.0. The van der Waals surface area contributed by atoms with Crippen molar-refractivity contribution in [2.24, 2.45) is 11.3 Å². The number of hydrogen-bond donors (Lipinski definition) is 1. The third-order valence-electron chi connectivity index (χ3n) is 2.70. The Morgan fingerprint density at radius 1 is 1.19 bits per heavy atom. The Labute approximate surface area is 127 Å². The van der Waals surface area contributed by atoms with Gasteiger partial charge in [-0.2, -0.15) is 8.42 Å². The van der Waals surface area contributed by atoms with Crippen LogP contribution in [-0.4, -0.2) is 38.5 Å². The Kier molecular flexibility index (Phi) is 5.31. The van der Waals surface area contributed by atoms with Gasteiger partial charge in [0.2, 0.25) is 0 Å². The molecule has 0 spiro atoms. The van der Waals surface area contributed by atoms with Gasteiger partial charge < -0.3 is 10.1 Å². The molecule has 1 rings (SSSR count). The van der Waals surface area contributed by atoms with Crippen LogP contribution in [0.2, 0.25) is 0 Å². The molecule has 1 aliphatic rings. The van der Waals surface area contributed by atoms with E-state index < -0.39 is 21.8 Å². The van der Waals surface area contributed by atoms with Crippen LogP contribution in [0, 0.1) is 11.3 Å². The van der Waals surface area contributed by atoms with Crippen molar-refractivity contribution in [2.45, 2.75) is 59.6 Å². The molecule has 0 aromatic heterocycles. The van der Waals surface area contributed by atoms with Crippen LogP contribution in [-0.2, 0) is 19.0 Å². The zero-order valence-electron chi connectivity index (χ0n) is 13.7. The van der Waals surface area contributed by atoms with Gasteiger partial charge in [-0.15, -0.1) is 0 Å². The fraction of sp³-hybridized carbons (Fsp3) is 0.929. The van der Waals surface area contributed by atoms with Crippen LogP contribution in [0.15, 0.2) is 0 Å². The first kappa shape index (κ1) is 18.2. The van der Waals surface area contributed by atoms with Crippen molar-refractivity contribution >= 4 is 16.2 Å². The molecule has 7 heteroatoms. The van der Waals surface area contributed by atoms with E-state index in [4.69, 9.17) is 8.92 Å². The second-order valence-electron chi connectivity index (χ2n) is 7.80. The predicted octanol–water partition coefficient (Wildman–Crippen LogP) is 2.29. The predicted molar refractivity (Wildman–Crippen MR) is 80.5 cm³/mol. The van der Waals surface area contributed by atoms with Crippen LogP contribution in [0.4, 0.5) is 4.79 Å². The van der Waals surface area contributed by atoms with Crippen LogP contribution in [0.3, 0.4) is 0 Å². The smallest absolute Gasteiger partial charge is 0.407 e. The van der Waals surface area contributed by atoms with Crippen LogP contribution < -0.4 is 5.32 Å². The highest BCUT2D eigenvalue weighted by atomic mass is 32.2. The molecule has 0 aliphatic heterocycles. The number of nitrogens with one attached hydrogen (secondary N) is 1. The summed E-state index contributed by atoms with van der Waals surface area (Å²) in [5, 5.41) is 2.71. The minimum atomic E-state index is -3.52. The summed E-state index contributed by atoms with van der Waals surface area (Å²) in [6.07, 6.45) is 0.233. The van der Waals surface area contributed by atoms with Gasteiger partial charge in [0.15, 0.2) is 0 Å². The van der Waals surface area contributed by atoms with Gasteiger partial charge in [0.1, 0.15) is 5.60 Å². The van der Waals surface area contributed by atoms with Gasteiger partial charge in [-0.25, -0.2) is 4.79 Å². The number of hydrogen-bond acceptors (Lipinski definition) is 5. The number of ether oxygens (including phenoxy) is 1. The summed E-state index contributed by atoms with van der Waals surface area (Å²) in [7, 11) is -3.52. The first-order valence-electron chi connectivity index (χ1n) is 7.14. The highest BCUT2D eigenvalue weighted by Gasteiger charge is 2.40. The summed E-state index contributed by atoms with van der Waals surface area (Å²) in [5.41, 5.74) is -0.877. The van der Waals surface area contributed by atoms with E-state index in [1.54, 1.807) is 20.8 Å². The Morgan fingerprint density at radius 3 is 2.24 bits per heavy atom. The summed E-state index contributed by atoms with van der Waals surface area (Å²) in [4.78, 5) is 11.6. The van der Waals surface area contributed by atoms with Gasteiger partial charge in [-0.3, -0.25) is 4.18 Å². The molecule has 0 bridgehead atoms. The van der Waals surface area contributed by atoms with Crippen molar-refractivity contribution in [1.29, 1.82) is 0 Å². The third kappa shape index (κ3) is 8.26. The molecule has 0 heterocycles. The minimum absolute atomic E-state index is 0.0170. The molecule has 0 aromatic carbocycles. The van der Waals surface area contributed by atoms with Crippen LogP contribution in [0.1, 0.15) is 48.0 Å². The lowest BCUT2D eigenvalue weighted by Crippen LogP contribution is -2.34. The Bertz CT molecular complexity index is 473. The summed E-state index contributed by atoms with van der Waals surface area (Å²) >= 11 is 0. The maximum atomic E-state index is 11.8. The average molecular weight is 321 g/mol. The lowest BCUT2D eigenvalue weighted by Gasteiger charge is -2.19. The van der Waals surface area contributed by atoms with Gasteiger partial charge in [0.25, 0.3) is 10.1 Å². The van der Waals surface area contributed by atoms with E-state index in [0.29, 0.717) is 6.42 Å². The van der Waals surface area contributed by atoms with Crippen molar-refractivity contribution in [1.82, 2.24) is 5.32 Å². The summed E-state index contributed by atoms with van der Waals surface area (Å²) in [6, 6.07) is -0.0651. The molecule has 21 heavy (non-hydrogen) atoms. The number of rotatable bonds is 5. The molecule has 1 fully saturated rings. The molecule has 0 unspecified atom stereocenters. The van der Waals surface area contributed by atoms with Crippen LogP contribution >= 0.6 is 0 Å². The van der Waals surface area contributed by atoms with E-state index >= 15 is 0 Å². The first-order chi connectivity index (χ1) is 9.27. The van der Waals surface area contributed by atoms with E-state index in [2.05, 4.69) is 5.32 Å². The number of carbonyl (C=O) groups is 1. The Balaban J connectivity index is 2.30. The molecule has 0 aromatic rings. The van der Waals surface area contributed by atoms with Crippen molar-refractivity contribution in [3.63, 3.8) is 0 Å². The largest absolute Gasteiger partial charge is 0.444 e. The summed E-state index contributed by atoms with van der Waals surface area (Å²) in [5.74, 6) is 0.0175. The van der Waals surface area contributed by atoms with Gasteiger partial charge in [0.05, 0.1) is 12.4 Å². The average Bonchev–Trinajstić information content (AvgIpc) is 2.86. The van der Waals surface area contributed by atoms with Gasteiger partial charge >= 0.3 is 6.09 Å². The lowest BCUT2D eigenvalue weighted by molar-refractivity contribution is 0.0520. The van der Waals surface area contributed by atoms with E-state index in [9.17, 15) is 13.2 Å². The molecule has 1 amide bonds. The normalized spacial score (nSPS) is 22.8. The summed E-state index contributed by atoms with van der Waals surface area (Å²) < 4.78 is 33.7. The first-order valence-corrected chi connectivity index (χ1v) is 8.72. The maximum Gasteiger partial charge on any atom is 0.407 e. The topological polar surface area (TPSA) is 81.7 Å². The Morgan fingerprint density at radius 2 is 1.76 bits per heavy atom. The monoisotopic (exact) mass is 321 g/mol.